The van der Waals surface area contributed by atoms with Gasteiger partial charge in [0.2, 0.25) is 0 Å². The maximum atomic E-state index is 12.3. The summed E-state index contributed by atoms with van der Waals surface area (Å²) in [5.41, 5.74) is 0. The van der Waals surface area contributed by atoms with Gasteiger partial charge in [0.1, 0.15) is 0 Å². The first-order valence-corrected chi connectivity index (χ1v) is 3.15. The Morgan fingerprint density at radius 3 is 2.00 bits per heavy atom. The normalized spacial score (nSPS) is 41.3. The molecule has 0 amide bonds. The topological polar surface area (TPSA) is 9.23 Å². The third-order valence-electron chi connectivity index (χ3n) is 1.13. The van der Waals surface area contributed by atoms with E-state index in [4.69, 9.17) is 0 Å². The maximum absolute atomic E-state index is 12.3. The molecule has 1 nitrogen and oxygen atoms in total. The number of halogens is 4. The number of alkyl halides is 4. The van der Waals surface area contributed by atoms with Crippen LogP contribution in [0.25, 0.3) is 0 Å². The highest BCUT2D eigenvalue weighted by Gasteiger charge is 2.58. The monoisotopic (exact) mass is 204 g/mol. The molecule has 0 aromatic heterocycles. The largest absolute Gasteiger partial charge is 0.333 e. The molecule has 0 radical (unpaired) electrons. The summed E-state index contributed by atoms with van der Waals surface area (Å²) < 4.78 is 37.8. The Bertz CT molecular complexity index is 111. The lowest BCUT2D eigenvalue weighted by molar-refractivity contribution is -0.155. The van der Waals surface area contributed by atoms with Crippen LogP contribution < -0.4 is 0 Å². The molecule has 1 rings (SSSR count). The first-order valence-electron chi connectivity index (χ1n) is 2.35. The van der Waals surface area contributed by atoms with Crippen LogP contribution >= 0.6 is 15.9 Å². The van der Waals surface area contributed by atoms with Crippen molar-refractivity contribution in [3.63, 3.8) is 0 Å². The number of rotatable bonds is 0. The Morgan fingerprint density at radius 2 is 1.89 bits per heavy atom. The average Bonchev–Trinajstić information content (AvgIpc) is 1.81. The fraction of sp³-hybridized carbons (Fsp3) is 1.00. The van der Waals surface area contributed by atoms with Gasteiger partial charge in [0.05, 0.1) is 6.61 Å². The predicted octanol–water partition coefficient (Wildman–Crippen LogP) is 2.06. The Labute approximate surface area is 58.3 Å². The highest BCUT2D eigenvalue weighted by Crippen LogP contribution is 2.46. The summed E-state index contributed by atoms with van der Waals surface area (Å²) in [4.78, 5) is 0. The van der Waals surface area contributed by atoms with Gasteiger partial charge >= 0.3 is 10.7 Å². The molecule has 54 valence electrons. The van der Waals surface area contributed by atoms with Crippen molar-refractivity contribution >= 4 is 15.9 Å². The van der Waals surface area contributed by atoms with E-state index in [1.165, 1.54) is 0 Å². The van der Waals surface area contributed by atoms with Gasteiger partial charge in [-0.15, -0.1) is 0 Å². The molecule has 0 bridgehead atoms. The smallest absolute Gasteiger partial charge is 0.329 e. The second-order valence-corrected chi connectivity index (χ2v) is 2.84. The van der Waals surface area contributed by atoms with Crippen LogP contribution in [0.1, 0.15) is 6.42 Å². The minimum absolute atomic E-state index is 0.241. The van der Waals surface area contributed by atoms with Gasteiger partial charge in [-0.3, -0.25) is 0 Å². The lowest BCUT2D eigenvalue weighted by Crippen LogP contribution is -2.33. The molecule has 1 aliphatic rings. The van der Waals surface area contributed by atoms with Crippen molar-refractivity contribution in [1.29, 1.82) is 0 Å². The quantitative estimate of drug-likeness (QED) is 0.550. The minimum atomic E-state index is -3.38. The van der Waals surface area contributed by atoms with E-state index < -0.39 is 17.1 Å². The zero-order valence-corrected chi connectivity index (χ0v) is 5.92. The van der Waals surface area contributed by atoms with Gasteiger partial charge < -0.3 is 4.74 Å². The zero-order chi connectivity index (χ0) is 7.12. The summed E-state index contributed by atoms with van der Waals surface area (Å²) in [7, 11) is 0. The Balaban J connectivity index is 2.75. The standard InChI is InChI=1S/C4H4BrF3O/c5-4(8)3(6,7)1-2-9-4/h1-2H2. The van der Waals surface area contributed by atoms with Gasteiger partial charge in [0.25, 0.3) is 0 Å². The van der Waals surface area contributed by atoms with Crippen molar-refractivity contribution in [2.24, 2.45) is 0 Å². The van der Waals surface area contributed by atoms with Crippen molar-refractivity contribution in [2.45, 2.75) is 17.1 Å². The van der Waals surface area contributed by atoms with Crippen molar-refractivity contribution in [3.05, 3.63) is 0 Å². The van der Waals surface area contributed by atoms with Gasteiger partial charge in [0.15, 0.2) is 0 Å². The molecular formula is C4H4BrF3O. The lowest BCUT2D eigenvalue weighted by atomic mass is 10.3. The fourth-order valence-electron chi connectivity index (χ4n) is 0.559. The minimum Gasteiger partial charge on any atom is -0.333 e. The second kappa shape index (κ2) is 1.85. The maximum Gasteiger partial charge on any atom is 0.329 e. The van der Waals surface area contributed by atoms with Gasteiger partial charge in [-0.2, -0.15) is 13.2 Å². The molecule has 5 heteroatoms. The highest BCUT2D eigenvalue weighted by molar-refractivity contribution is 9.10. The van der Waals surface area contributed by atoms with E-state index in [-0.39, 0.29) is 6.61 Å². The summed E-state index contributed by atoms with van der Waals surface area (Å²) in [6.07, 6.45) is -0.561. The lowest BCUT2D eigenvalue weighted by Gasteiger charge is -2.17. The van der Waals surface area contributed by atoms with Crippen LogP contribution in [0.5, 0.6) is 0 Å². The number of hydrogen-bond acceptors (Lipinski definition) is 1. The molecule has 0 aliphatic carbocycles. The van der Waals surface area contributed by atoms with Crippen LogP contribution in [0.3, 0.4) is 0 Å². The van der Waals surface area contributed by atoms with Crippen LogP contribution in [0.4, 0.5) is 13.2 Å². The summed E-state index contributed by atoms with van der Waals surface area (Å²) in [5.74, 6) is -3.38. The first kappa shape index (κ1) is 7.34. The molecule has 1 unspecified atom stereocenters. The van der Waals surface area contributed by atoms with Gasteiger partial charge in [-0.1, -0.05) is 0 Å². The van der Waals surface area contributed by atoms with Crippen LogP contribution in [0, 0.1) is 0 Å². The van der Waals surface area contributed by atoms with E-state index in [1.807, 2.05) is 0 Å². The molecule has 0 aromatic carbocycles. The van der Waals surface area contributed by atoms with Crippen LogP contribution in [0.15, 0.2) is 0 Å². The van der Waals surface area contributed by atoms with Crippen molar-refractivity contribution in [1.82, 2.24) is 0 Å². The molecule has 1 fully saturated rings. The summed E-state index contributed by atoms with van der Waals surface area (Å²) in [6, 6.07) is 0. The summed E-state index contributed by atoms with van der Waals surface area (Å²) >= 11 is 2.12. The molecule has 1 heterocycles. The number of ether oxygens (including phenoxy) is 1. The SMILES string of the molecule is FC1(F)CCOC1(F)Br. The Morgan fingerprint density at radius 1 is 1.33 bits per heavy atom. The first-order chi connectivity index (χ1) is 3.96. The van der Waals surface area contributed by atoms with E-state index >= 15 is 0 Å². The highest BCUT2D eigenvalue weighted by atomic mass is 79.9. The van der Waals surface area contributed by atoms with Crippen molar-refractivity contribution in [2.75, 3.05) is 6.61 Å². The van der Waals surface area contributed by atoms with Crippen LogP contribution in [0.2, 0.25) is 0 Å². The Kier molecular flexibility index (Phi) is 1.51. The molecule has 0 saturated carbocycles. The third-order valence-corrected chi connectivity index (χ3v) is 1.93. The van der Waals surface area contributed by atoms with Gasteiger partial charge in [-0.05, 0) is 15.9 Å². The van der Waals surface area contributed by atoms with Crippen molar-refractivity contribution < 1.29 is 17.9 Å². The molecule has 0 spiro atoms. The molecule has 1 saturated heterocycles. The molecule has 0 N–H and O–H groups in total. The summed E-state index contributed by atoms with van der Waals surface area (Å²) in [5, 5.41) is 0. The van der Waals surface area contributed by atoms with Crippen LogP contribution in [-0.4, -0.2) is 17.3 Å². The van der Waals surface area contributed by atoms with E-state index in [2.05, 4.69) is 20.7 Å². The molecule has 1 aliphatic heterocycles. The summed E-state index contributed by atoms with van der Waals surface area (Å²) in [6.45, 7) is -0.241. The molecule has 9 heavy (non-hydrogen) atoms. The van der Waals surface area contributed by atoms with Gasteiger partial charge in [-0.25, -0.2) is 0 Å². The number of hydrogen-bond donors (Lipinski definition) is 0. The van der Waals surface area contributed by atoms with Gasteiger partial charge in [0, 0.05) is 6.42 Å². The molecular weight excluding hydrogens is 201 g/mol. The fourth-order valence-corrected chi connectivity index (χ4v) is 0.919. The third kappa shape index (κ3) is 1.08. The predicted molar refractivity (Wildman–Crippen MR) is 28.3 cm³/mol. The average molecular weight is 205 g/mol. The Hall–Kier alpha value is 0.230. The van der Waals surface area contributed by atoms with Crippen LogP contribution in [-0.2, 0) is 4.74 Å². The molecule has 1 atom stereocenters. The van der Waals surface area contributed by atoms with E-state index in [1.54, 1.807) is 0 Å². The van der Waals surface area contributed by atoms with E-state index in [9.17, 15) is 13.2 Å². The molecule has 0 aromatic rings. The zero-order valence-electron chi connectivity index (χ0n) is 4.33. The second-order valence-electron chi connectivity index (χ2n) is 1.82. The van der Waals surface area contributed by atoms with E-state index in [0.717, 1.165) is 0 Å². The van der Waals surface area contributed by atoms with E-state index in [0.29, 0.717) is 0 Å². The van der Waals surface area contributed by atoms with Crippen molar-refractivity contribution in [3.8, 4) is 0 Å².